The highest BCUT2D eigenvalue weighted by Crippen LogP contribution is 2.08. The van der Waals surface area contributed by atoms with Crippen LogP contribution < -0.4 is 12.4 Å². The van der Waals surface area contributed by atoms with Gasteiger partial charge in [-0.25, -0.2) is 0 Å². The minimum Gasteiger partial charge on any atom is -1.00 e. The normalized spacial score (nSPS) is 24.2. The van der Waals surface area contributed by atoms with Crippen molar-refractivity contribution in [2.45, 2.75) is 13.0 Å². The maximum absolute atomic E-state index is 9.21. The molecule has 3 nitrogen and oxygen atoms in total. The molecule has 4 heteroatoms. The Kier molecular flexibility index (Phi) is 5.09. The largest absolute Gasteiger partial charge is 1.00 e. The number of nitrogens with zero attached hydrogens (tertiary/aromatic N) is 1. The van der Waals surface area contributed by atoms with E-state index in [1.165, 1.54) is 0 Å². The Bertz CT molecular complexity index is 124. The van der Waals surface area contributed by atoms with Crippen LogP contribution in [0.15, 0.2) is 0 Å². The fraction of sp³-hybridized carbons (Fsp3) is 1.00. The molecule has 0 aromatic carbocycles. The highest BCUT2D eigenvalue weighted by atomic mass is 35.5. The second-order valence-electron chi connectivity index (χ2n) is 3.71. The minimum absolute atomic E-state index is 0. The van der Waals surface area contributed by atoms with Gasteiger partial charge < -0.3 is 26.7 Å². The number of hydrogen-bond donors (Lipinski definition) is 1. The molecule has 0 bridgehead atoms. The summed E-state index contributed by atoms with van der Waals surface area (Å²) in [6.07, 6.45) is -0.196. The third-order valence-corrected chi connectivity index (χ3v) is 2.26. The predicted octanol–water partition coefficient (Wildman–Crippen LogP) is -3.15. The van der Waals surface area contributed by atoms with Crippen LogP contribution >= 0.6 is 0 Å². The number of likely N-dealkylation sites (N-methyl/N-ethyl adjacent to an activating group) is 1. The first-order chi connectivity index (χ1) is 5.12. The fourth-order valence-electron chi connectivity index (χ4n) is 1.60. The summed E-state index contributed by atoms with van der Waals surface area (Å²) in [5.41, 5.74) is 0. The topological polar surface area (TPSA) is 29.5 Å². The van der Waals surface area contributed by atoms with Gasteiger partial charge >= 0.3 is 0 Å². The van der Waals surface area contributed by atoms with E-state index in [-0.39, 0.29) is 18.5 Å². The molecular weight excluding hydrogens is 178 g/mol. The lowest BCUT2D eigenvalue weighted by Gasteiger charge is -2.38. The molecule has 0 aliphatic carbocycles. The van der Waals surface area contributed by atoms with E-state index in [1.807, 2.05) is 6.92 Å². The Morgan fingerprint density at radius 3 is 2.33 bits per heavy atom. The number of aliphatic hydroxyl groups is 1. The molecule has 1 N–H and O–H groups in total. The first-order valence-electron chi connectivity index (χ1n) is 4.22. The third-order valence-electron chi connectivity index (χ3n) is 2.26. The standard InChI is InChI=1S/C8H18NO2.ClH/c1-8(10)7-9(2)3-5-11-6-4-9;/h8,10H,3-7H2,1-2H3;1H/q+1;/p-1. The van der Waals surface area contributed by atoms with E-state index in [0.29, 0.717) is 0 Å². The number of halogens is 1. The summed E-state index contributed by atoms with van der Waals surface area (Å²) in [6, 6.07) is 0. The monoisotopic (exact) mass is 195 g/mol. The number of morpholine rings is 1. The summed E-state index contributed by atoms with van der Waals surface area (Å²) in [5, 5.41) is 9.21. The van der Waals surface area contributed by atoms with Crippen LogP contribution in [-0.4, -0.2) is 55.6 Å². The summed E-state index contributed by atoms with van der Waals surface area (Å²) in [7, 11) is 2.18. The molecule has 1 aliphatic rings. The molecule has 1 rings (SSSR count). The first kappa shape index (κ1) is 12.2. The van der Waals surface area contributed by atoms with E-state index >= 15 is 0 Å². The van der Waals surface area contributed by atoms with Crippen molar-refractivity contribution in [3.05, 3.63) is 0 Å². The van der Waals surface area contributed by atoms with E-state index in [4.69, 9.17) is 4.74 Å². The molecule has 0 radical (unpaired) electrons. The van der Waals surface area contributed by atoms with Crippen molar-refractivity contribution in [2.24, 2.45) is 0 Å². The molecule has 0 amide bonds. The molecule has 1 unspecified atom stereocenters. The summed E-state index contributed by atoms with van der Waals surface area (Å²) < 4.78 is 6.21. The Labute approximate surface area is 80.3 Å². The van der Waals surface area contributed by atoms with E-state index < -0.39 is 0 Å². The molecule has 0 spiro atoms. The second kappa shape index (κ2) is 5.02. The SMILES string of the molecule is CC(O)C[N+]1(C)CCOCC1.[Cl-]. The van der Waals surface area contributed by atoms with Crippen molar-refractivity contribution in [3.63, 3.8) is 0 Å². The van der Waals surface area contributed by atoms with E-state index in [1.54, 1.807) is 0 Å². The van der Waals surface area contributed by atoms with Crippen LogP contribution in [0.1, 0.15) is 6.92 Å². The van der Waals surface area contributed by atoms with E-state index in [2.05, 4.69) is 7.05 Å². The van der Waals surface area contributed by atoms with Crippen molar-refractivity contribution in [2.75, 3.05) is 39.9 Å². The van der Waals surface area contributed by atoms with Gasteiger partial charge in [0.2, 0.25) is 0 Å². The summed E-state index contributed by atoms with van der Waals surface area (Å²) in [5.74, 6) is 0. The van der Waals surface area contributed by atoms with Gasteiger partial charge in [0.15, 0.2) is 0 Å². The highest BCUT2D eigenvalue weighted by Gasteiger charge is 2.26. The number of quaternary nitrogens is 1. The van der Waals surface area contributed by atoms with Gasteiger partial charge in [0.25, 0.3) is 0 Å². The molecule has 1 aliphatic heterocycles. The predicted molar refractivity (Wildman–Crippen MR) is 43.3 cm³/mol. The molecule has 1 atom stereocenters. The number of hydrogen-bond acceptors (Lipinski definition) is 2. The molecule has 1 heterocycles. The van der Waals surface area contributed by atoms with Crippen molar-refractivity contribution in [3.8, 4) is 0 Å². The van der Waals surface area contributed by atoms with Crippen LogP contribution in [-0.2, 0) is 4.74 Å². The van der Waals surface area contributed by atoms with Gasteiger partial charge in [-0.2, -0.15) is 0 Å². The van der Waals surface area contributed by atoms with Gasteiger partial charge in [-0.15, -0.1) is 0 Å². The Balaban J connectivity index is 0.00000121. The average molecular weight is 196 g/mol. The lowest BCUT2D eigenvalue weighted by Crippen LogP contribution is -3.00. The van der Waals surface area contributed by atoms with Gasteiger partial charge in [0.1, 0.15) is 25.7 Å². The highest BCUT2D eigenvalue weighted by molar-refractivity contribution is 4.50. The van der Waals surface area contributed by atoms with Crippen LogP contribution in [0.3, 0.4) is 0 Å². The molecule has 12 heavy (non-hydrogen) atoms. The molecule has 1 saturated heterocycles. The van der Waals surface area contributed by atoms with Gasteiger partial charge in [-0.1, -0.05) is 0 Å². The van der Waals surface area contributed by atoms with Crippen molar-refractivity contribution < 1.29 is 26.7 Å². The molecule has 74 valence electrons. The zero-order valence-corrected chi connectivity index (χ0v) is 8.55. The van der Waals surface area contributed by atoms with Crippen LogP contribution in [0.4, 0.5) is 0 Å². The minimum atomic E-state index is -0.196. The zero-order valence-electron chi connectivity index (χ0n) is 7.79. The van der Waals surface area contributed by atoms with Crippen LogP contribution in [0.2, 0.25) is 0 Å². The van der Waals surface area contributed by atoms with Gasteiger partial charge in [0, 0.05) is 0 Å². The van der Waals surface area contributed by atoms with Gasteiger partial charge in [-0.3, -0.25) is 0 Å². The fourth-order valence-corrected chi connectivity index (χ4v) is 1.60. The average Bonchev–Trinajstić information content (AvgIpc) is 1.85. The number of rotatable bonds is 2. The molecule has 1 fully saturated rings. The quantitative estimate of drug-likeness (QED) is 0.472. The van der Waals surface area contributed by atoms with Crippen LogP contribution in [0, 0.1) is 0 Å². The van der Waals surface area contributed by atoms with Crippen molar-refractivity contribution in [1.82, 2.24) is 0 Å². The second-order valence-corrected chi connectivity index (χ2v) is 3.71. The van der Waals surface area contributed by atoms with Gasteiger partial charge in [0.05, 0.1) is 20.3 Å². The van der Waals surface area contributed by atoms with Crippen molar-refractivity contribution >= 4 is 0 Å². The zero-order chi connectivity index (χ0) is 8.32. The van der Waals surface area contributed by atoms with E-state index in [9.17, 15) is 5.11 Å². The van der Waals surface area contributed by atoms with Crippen molar-refractivity contribution in [1.29, 1.82) is 0 Å². The first-order valence-corrected chi connectivity index (χ1v) is 4.22. The summed E-state index contributed by atoms with van der Waals surface area (Å²) in [6.45, 7) is 6.44. The Morgan fingerprint density at radius 1 is 1.42 bits per heavy atom. The summed E-state index contributed by atoms with van der Waals surface area (Å²) >= 11 is 0. The molecule has 0 aromatic heterocycles. The van der Waals surface area contributed by atoms with Crippen LogP contribution in [0.25, 0.3) is 0 Å². The number of aliphatic hydroxyl groups excluding tert-OH is 1. The lowest BCUT2D eigenvalue weighted by atomic mass is 10.3. The van der Waals surface area contributed by atoms with Gasteiger partial charge in [-0.05, 0) is 6.92 Å². The Hall–Kier alpha value is 0.170. The molecule has 0 aromatic rings. The third kappa shape index (κ3) is 3.72. The summed E-state index contributed by atoms with van der Waals surface area (Å²) in [4.78, 5) is 0. The maximum Gasteiger partial charge on any atom is 0.105 e. The number of ether oxygens (including phenoxy) is 1. The van der Waals surface area contributed by atoms with Crippen LogP contribution in [0.5, 0.6) is 0 Å². The molecule has 0 saturated carbocycles. The smallest absolute Gasteiger partial charge is 0.105 e. The Morgan fingerprint density at radius 2 is 1.92 bits per heavy atom. The molecular formula is C8H18ClNO2. The van der Waals surface area contributed by atoms with E-state index in [0.717, 1.165) is 37.3 Å². The maximum atomic E-state index is 9.21. The lowest BCUT2D eigenvalue weighted by molar-refractivity contribution is -0.919.